The first-order chi connectivity index (χ1) is 9.26. The van der Waals surface area contributed by atoms with Crippen LogP contribution in [0, 0.1) is 5.92 Å². The SMILES string of the molecule is CC1CCCC(Oc2nc(NN)nc3sccc23)C1. The molecule has 1 aliphatic carbocycles. The fourth-order valence-corrected chi connectivity index (χ4v) is 3.38. The van der Waals surface area contributed by atoms with Gasteiger partial charge in [-0.05, 0) is 36.6 Å². The summed E-state index contributed by atoms with van der Waals surface area (Å²) < 4.78 is 6.10. The molecule has 0 saturated heterocycles. The maximum absolute atomic E-state index is 6.10. The molecule has 0 bridgehead atoms. The van der Waals surface area contributed by atoms with Gasteiger partial charge in [0.15, 0.2) is 0 Å². The van der Waals surface area contributed by atoms with Gasteiger partial charge in [0.25, 0.3) is 0 Å². The normalized spacial score (nSPS) is 23.5. The highest BCUT2D eigenvalue weighted by molar-refractivity contribution is 7.16. The number of hydrazine groups is 1. The molecule has 1 saturated carbocycles. The fourth-order valence-electron chi connectivity index (χ4n) is 2.63. The molecule has 19 heavy (non-hydrogen) atoms. The number of nitrogens with one attached hydrogen (secondary N) is 1. The number of aromatic nitrogens is 2. The molecule has 5 nitrogen and oxygen atoms in total. The van der Waals surface area contributed by atoms with E-state index in [2.05, 4.69) is 22.3 Å². The molecule has 0 aliphatic heterocycles. The first kappa shape index (κ1) is 12.6. The van der Waals surface area contributed by atoms with E-state index in [4.69, 9.17) is 10.6 Å². The van der Waals surface area contributed by atoms with Crippen molar-refractivity contribution in [3.8, 4) is 5.88 Å². The number of ether oxygens (including phenoxy) is 1. The zero-order valence-corrected chi connectivity index (χ0v) is 11.7. The highest BCUT2D eigenvalue weighted by atomic mass is 32.1. The van der Waals surface area contributed by atoms with Gasteiger partial charge < -0.3 is 4.74 Å². The van der Waals surface area contributed by atoms with Crippen LogP contribution in [0.4, 0.5) is 5.95 Å². The Labute approximate surface area is 116 Å². The van der Waals surface area contributed by atoms with Gasteiger partial charge in [-0.15, -0.1) is 11.3 Å². The summed E-state index contributed by atoms with van der Waals surface area (Å²) in [5.41, 5.74) is 2.50. The third-order valence-corrected chi connectivity index (χ3v) is 4.39. The molecule has 2 aromatic heterocycles. The number of hydrogen-bond donors (Lipinski definition) is 2. The average Bonchev–Trinajstić information content (AvgIpc) is 2.87. The number of anilines is 1. The van der Waals surface area contributed by atoms with E-state index in [0.29, 0.717) is 11.8 Å². The van der Waals surface area contributed by atoms with Gasteiger partial charge in [0.05, 0.1) is 5.39 Å². The Morgan fingerprint density at radius 1 is 1.42 bits per heavy atom. The van der Waals surface area contributed by atoms with Gasteiger partial charge >= 0.3 is 0 Å². The minimum absolute atomic E-state index is 0.257. The number of hydrogen-bond acceptors (Lipinski definition) is 6. The molecule has 1 aliphatic rings. The van der Waals surface area contributed by atoms with E-state index in [1.807, 2.05) is 11.4 Å². The standard InChI is InChI=1S/C13H18N4OS/c1-8-3-2-4-9(7-8)18-11-10-5-6-19-12(10)16-13(15-11)17-14/h5-6,8-9H,2-4,7,14H2,1H3,(H,15,16,17). The van der Waals surface area contributed by atoms with Crippen LogP contribution in [0.1, 0.15) is 32.6 Å². The zero-order valence-electron chi connectivity index (χ0n) is 10.9. The summed E-state index contributed by atoms with van der Waals surface area (Å²) in [7, 11) is 0. The number of nitrogen functional groups attached to an aromatic ring is 1. The summed E-state index contributed by atoms with van der Waals surface area (Å²) in [6.07, 6.45) is 4.98. The summed E-state index contributed by atoms with van der Waals surface area (Å²) >= 11 is 1.57. The molecule has 3 N–H and O–H groups in total. The van der Waals surface area contributed by atoms with Crippen molar-refractivity contribution in [3.63, 3.8) is 0 Å². The van der Waals surface area contributed by atoms with Crippen LogP contribution in [0.2, 0.25) is 0 Å². The molecule has 0 aromatic carbocycles. The Morgan fingerprint density at radius 3 is 3.11 bits per heavy atom. The topological polar surface area (TPSA) is 73.1 Å². The van der Waals surface area contributed by atoms with Gasteiger partial charge in [-0.3, -0.25) is 5.43 Å². The molecule has 2 unspecified atom stereocenters. The third-order valence-electron chi connectivity index (χ3n) is 3.59. The Balaban J connectivity index is 1.88. The van der Waals surface area contributed by atoms with Crippen molar-refractivity contribution in [3.05, 3.63) is 11.4 Å². The largest absolute Gasteiger partial charge is 0.474 e. The van der Waals surface area contributed by atoms with Crippen LogP contribution in [0.25, 0.3) is 10.2 Å². The number of rotatable bonds is 3. The van der Waals surface area contributed by atoms with E-state index in [1.54, 1.807) is 11.3 Å². The van der Waals surface area contributed by atoms with Crippen LogP contribution in [0.15, 0.2) is 11.4 Å². The molecular weight excluding hydrogens is 260 g/mol. The van der Waals surface area contributed by atoms with Crippen molar-refractivity contribution < 1.29 is 4.74 Å². The van der Waals surface area contributed by atoms with Gasteiger partial charge in [0, 0.05) is 0 Å². The number of fused-ring (bicyclic) bond motifs is 1. The number of nitrogens with two attached hydrogens (primary N) is 1. The summed E-state index contributed by atoms with van der Waals surface area (Å²) in [4.78, 5) is 9.57. The number of thiophene rings is 1. The minimum atomic E-state index is 0.257. The Bertz CT molecular complexity index is 571. The smallest absolute Gasteiger partial charge is 0.241 e. The molecule has 1 fully saturated rings. The van der Waals surface area contributed by atoms with Gasteiger partial charge in [-0.2, -0.15) is 4.98 Å². The molecule has 2 atom stereocenters. The molecule has 0 spiro atoms. The lowest BCUT2D eigenvalue weighted by molar-refractivity contribution is 0.126. The van der Waals surface area contributed by atoms with Crippen LogP contribution in [-0.4, -0.2) is 16.1 Å². The Hall–Kier alpha value is -1.40. The molecule has 2 heterocycles. The molecule has 6 heteroatoms. The second-order valence-corrected chi connectivity index (χ2v) is 6.04. The van der Waals surface area contributed by atoms with Crippen molar-refractivity contribution in [2.75, 3.05) is 5.43 Å². The first-order valence-corrected chi connectivity index (χ1v) is 7.52. The second-order valence-electron chi connectivity index (χ2n) is 5.15. The van der Waals surface area contributed by atoms with Gasteiger partial charge in [0.2, 0.25) is 11.8 Å². The van der Waals surface area contributed by atoms with Gasteiger partial charge in [-0.25, -0.2) is 10.8 Å². The van der Waals surface area contributed by atoms with Crippen LogP contribution in [-0.2, 0) is 0 Å². The van der Waals surface area contributed by atoms with Crippen molar-refractivity contribution in [2.45, 2.75) is 38.7 Å². The lowest BCUT2D eigenvalue weighted by Gasteiger charge is -2.27. The van der Waals surface area contributed by atoms with Gasteiger partial charge in [0.1, 0.15) is 10.9 Å². The fraction of sp³-hybridized carbons (Fsp3) is 0.538. The summed E-state index contributed by atoms with van der Waals surface area (Å²) in [6.45, 7) is 2.28. The lowest BCUT2D eigenvalue weighted by atomic mass is 9.89. The predicted molar refractivity (Wildman–Crippen MR) is 77.3 cm³/mol. The zero-order chi connectivity index (χ0) is 13.2. The first-order valence-electron chi connectivity index (χ1n) is 6.65. The maximum atomic E-state index is 6.10. The van der Waals surface area contributed by atoms with E-state index in [0.717, 1.165) is 29.0 Å². The summed E-state index contributed by atoms with van der Waals surface area (Å²) in [5.74, 6) is 7.20. The lowest BCUT2D eigenvalue weighted by Crippen LogP contribution is -2.24. The van der Waals surface area contributed by atoms with E-state index < -0.39 is 0 Å². The molecule has 0 amide bonds. The van der Waals surface area contributed by atoms with E-state index in [1.165, 1.54) is 12.8 Å². The average molecular weight is 278 g/mol. The highest BCUT2D eigenvalue weighted by Crippen LogP contribution is 2.32. The Kier molecular flexibility index (Phi) is 3.52. The monoisotopic (exact) mass is 278 g/mol. The van der Waals surface area contributed by atoms with E-state index in [-0.39, 0.29) is 6.10 Å². The summed E-state index contributed by atoms with van der Waals surface area (Å²) in [5, 5.41) is 2.97. The van der Waals surface area contributed by atoms with Crippen molar-refractivity contribution in [2.24, 2.45) is 11.8 Å². The molecular formula is C13H18N4OS. The molecule has 0 radical (unpaired) electrons. The third kappa shape index (κ3) is 2.64. The second kappa shape index (κ2) is 5.30. The van der Waals surface area contributed by atoms with Crippen LogP contribution < -0.4 is 16.0 Å². The molecule has 3 rings (SSSR count). The molecule has 102 valence electrons. The van der Waals surface area contributed by atoms with E-state index >= 15 is 0 Å². The van der Waals surface area contributed by atoms with Gasteiger partial charge in [-0.1, -0.05) is 13.3 Å². The van der Waals surface area contributed by atoms with Crippen LogP contribution >= 0.6 is 11.3 Å². The predicted octanol–water partition coefficient (Wildman–Crippen LogP) is 2.93. The van der Waals surface area contributed by atoms with E-state index in [9.17, 15) is 0 Å². The Morgan fingerprint density at radius 2 is 2.32 bits per heavy atom. The van der Waals surface area contributed by atoms with Crippen molar-refractivity contribution >= 4 is 27.5 Å². The maximum Gasteiger partial charge on any atom is 0.241 e. The van der Waals surface area contributed by atoms with Crippen molar-refractivity contribution in [1.29, 1.82) is 0 Å². The highest BCUT2D eigenvalue weighted by Gasteiger charge is 2.22. The minimum Gasteiger partial charge on any atom is -0.474 e. The quantitative estimate of drug-likeness (QED) is 0.667. The van der Waals surface area contributed by atoms with Crippen LogP contribution in [0.3, 0.4) is 0 Å². The van der Waals surface area contributed by atoms with Crippen LogP contribution in [0.5, 0.6) is 5.88 Å². The summed E-state index contributed by atoms with van der Waals surface area (Å²) in [6, 6.07) is 2.00. The molecule has 2 aromatic rings. The number of nitrogens with zero attached hydrogens (tertiary/aromatic N) is 2. The van der Waals surface area contributed by atoms with Crippen molar-refractivity contribution in [1.82, 2.24) is 9.97 Å².